The number of halogens is 1. The number of aliphatic hydroxyl groups is 1. The zero-order valence-electron chi connectivity index (χ0n) is 16.9. The highest BCUT2D eigenvalue weighted by Crippen LogP contribution is 2.29. The van der Waals surface area contributed by atoms with Crippen LogP contribution in [0.25, 0.3) is 10.9 Å². The Morgan fingerprint density at radius 1 is 1.00 bits per heavy atom. The maximum absolute atomic E-state index is 14.0. The summed E-state index contributed by atoms with van der Waals surface area (Å²) < 4.78 is 46.1. The number of nitrogens with zero attached hydrogens (tertiary/aromatic N) is 1. The maximum Gasteiger partial charge on any atom is 0.297 e. The number of aryl methyl sites for hydroxylation is 1. The van der Waals surface area contributed by atoms with E-state index >= 15 is 0 Å². The molecule has 7 heteroatoms. The fraction of sp³-hybridized carbons (Fsp3) is 0.167. The molecule has 4 rings (SSSR count). The van der Waals surface area contributed by atoms with Crippen LogP contribution in [0.3, 0.4) is 0 Å². The molecule has 1 aromatic heterocycles. The molecule has 3 aromatic carbocycles. The zero-order chi connectivity index (χ0) is 22.0. The molecule has 0 radical (unpaired) electrons. The lowest BCUT2D eigenvalue weighted by molar-refractivity contribution is 0.0784. The van der Waals surface area contributed by atoms with Gasteiger partial charge in [0.15, 0.2) is 0 Å². The van der Waals surface area contributed by atoms with Crippen molar-refractivity contribution in [2.45, 2.75) is 24.0 Å². The van der Waals surface area contributed by atoms with E-state index in [4.69, 9.17) is 4.18 Å². The van der Waals surface area contributed by atoms with Crippen LogP contribution in [-0.4, -0.2) is 30.8 Å². The molecule has 0 fully saturated rings. The monoisotopic (exact) mass is 439 g/mol. The summed E-state index contributed by atoms with van der Waals surface area (Å²) in [4.78, 5) is 0.0130. The minimum Gasteiger partial charge on any atom is -0.388 e. The van der Waals surface area contributed by atoms with Crippen LogP contribution >= 0.6 is 0 Å². The Kier molecular flexibility index (Phi) is 5.91. The number of aliphatic hydroxyl groups excluding tert-OH is 1. The maximum atomic E-state index is 14.0. The molecule has 2 unspecified atom stereocenters. The first-order valence-corrected chi connectivity index (χ1v) is 11.2. The number of rotatable bonds is 7. The predicted molar refractivity (Wildman–Crippen MR) is 117 cm³/mol. The van der Waals surface area contributed by atoms with E-state index in [1.807, 2.05) is 37.3 Å². The molecule has 0 spiro atoms. The van der Waals surface area contributed by atoms with Crippen molar-refractivity contribution in [3.05, 3.63) is 102 Å². The van der Waals surface area contributed by atoms with Crippen LogP contribution < -0.4 is 0 Å². The summed E-state index contributed by atoms with van der Waals surface area (Å²) in [7, 11) is -4.05. The van der Waals surface area contributed by atoms with E-state index in [-0.39, 0.29) is 4.90 Å². The topological polar surface area (TPSA) is 68.5 Å². The highest BCUT2D eigenvalue weighted by atomic mass is 32.2. The van der Waals surface area contributed by atoms with Crippen LogP contribution in [0.4, 0.5) is 4.39 Å². The molecule has 1 heterocycles. The average molecular weight is 440 g/mol. The van der Waals surface area contributed by atoms with E-state index in [2.05, 4.69) is 0 Å². The predicted octanol–water partition coefficient (Wildman–Crippen LogP) is 4.44. The van der Waals surface area contributed by atoms with Crippen LogP contribution in [-0.2, 0) is 14.3 Å². The van der Waals surface area contributed by atoms with Crippen molar-refractivity contribution in [1.29, 1.82) is 0 Å². The van der Waals surface area contributed by atoms with E-state index in [0.29, 0.717) is 5.56 Å². The number of hydrogen-bond acceptors (Lipinski definition) is 4. The Labute approximate surface area is 180 Å². The van der Waals surface area contributed by atoms with Gasteiger partial charge in [-0.05, 0) is 54.3 Å². The number of benzene rings is 3. The first-order valence-electron chi connectivity index (χ1n) is 9.80. The Morgan fingerprint density at radius 2 is 1.74 bits per heavy atom. The molecule has 4 aromatic rings. The van der Waals surface area contributed by atoms with Gasteiger partial charge in [0.05, 0.1) is 17.5 Å². The van der Waals surface area contributed by atoms with Crippen molar-refractivity contribution in [2.24, 2.45) is 0 Å². The molecule has 5 nitrogen and oxygen atoms in total. The van der Waals surface area contributed by atoms with Crippen molar-refractivity contribution in [3.63, 3.8) is 0 Å². The second kappa shape index (κ2) is 8.63. The van der Waals surface area contributed by atoms with Gasteiger partial charge in [0, 0.05) is 11.7 Å². The Hall–Kier alpha value is -3.00. The smallest absolute Gasteiger partial charge is 0.297 e. The molecule has 0 amide bonds. The molecule has 160 valence electrons. The molecule has 0 aliphatic carbocycles. The third kappa shape index (κ3) is 4.54. The van der Waals surface area contributed by atoms with E-state index < -0.39 is 34.7 Å². The van der Waals surface area contributed by atoms with E-state index in [1.54, 1.807) is 35.0 Å². The molecule has 2 atom stereocenters. The second-order valence-electron chi connectivity index (χ2n) is 7.40. The normalized spacial score (nSPS) is 13.9. The number of fused-ring (bicyclic) bond motifs is 1. The lowest BCUT2D eigenvalue weighted by Gasteiger charge is -2.26. The van der Waals surface area contributed by atoms with Crippen molar-refractivity contribution in [3.8, 4) is 0 Å². The number of hydrogen-bond donors (Lipinski definition) is 1. The summed E-state index contributed by atoms with van der Waals surface area (Å²) in [5.74, 6) is -0.445. The van der Waals surface area contributed by atoms with Crippen molar-refractivity contribution < 1.29 is 22.1 Å². The summed E-state index contributed by atoms with van der Waals surface area (Å²) in [6.07, 6.45) is 0.538. The lowest BCUT2D eigenvalue weighted by atomic mass is 10.0. The highest BCUT2D eigenvalue weighted by molar-refractivity contribution is 7.86. The van der Waals surface area contributed by atoms with Gasteiger partial charge in [0.1, 0.15) is 11.9 Å². The van der Waals surface area contributed by atoms with Crippen molar-refractivity contribution in [2.75, 3.05) is 6.61 Å². The van der Waals surface area contributed by atoms with Crippen LogP contribution in [0.5, 0.6) is 0 Å². The summed E-state index contributed by atoms with van der Waals surface area (Å²) in [5, 5.41) is 12.0. The van der Waals surface area contributed by atoms with Gasteiger partial charge in [-0.2, -0.15) is 8.42 Å². The molecule has 0 saturated carbocycles. The van der Waals surface area contributed by atoms with Gasteiger partial charge >= 0.3 is 0 Å². The van der Waals surface area contributed by atoms with Gasteiger partial charge in [0.25, 0.3) is 10.1 Å². The standard InChI is InChI=1S/C24H22FNO4S/c1-17-9-11-21(12-10-17)31(28,29)30-16-23(27)24(19-6-4-7-20(25)15-19)26-14-13-18-5-2-3-8-22(18)26/h2-15,23-24,27H,16H2,1H3. The largest absolute Gasteiger partial charge is 0.388 e. The molecular formula is C24H22FNO4S. The third-order valence-electron chi connectivity index (χ3n) is 5.19. The van der Waals surface area contributed by atoms with Gasteiger partial charge in [-0.1, -0.05) is 48.0 Å². The number of aromatic nitrogens is 1. The molecule has 0 saturated heterocycles. The molecule has 31 heavy (non-hydrogen) atoms. The van der Waals surface area contributed by atoms with Crippen molar-refractivity contribution >= 4 is 21.0 Å². The minimum absolute atomic E-state index is 0.0130. The molecule has 0 aliphatic heterocycles. The fourth-order valence-electron chi connectivity index (χ4n) is 3.63. The van der Waals surface area contributed by atoms with Crippen LogP contribution in [0.1, 0.15) is 17.2 Å². The van der Waals surface area contributed by atoms with Gasteiger partial charge in [-0.3, -0.25) is 4.18 Å². The first kappa shape index (κ1) is 21.2. The van der Waals surface area contributed by atoms with Gasteiger partial charge in [-0.15, -0.1) is 0 Å². The van der Waals surface area contributed by atoms with E-state index in [0.717, 1.165) is 16.5 Å². The summed E-state index contributed by atoms with van der Waals surface area (Å²) in [5.41, 5.74) is 2.26. The van der Waals surface area contributed by atoms with Crippen LogP contribution in [0, 0.1) is 12.7 Å². The third-order valence-corrected chi connectivity index (χ3v) is 6.48. The zero-order valence-corrected chi connectivity index (χ0v) is 17.7. The van der Waals surface area contributed by atoms with Gasteiger partial charge < -0.3 is 9.67 Å². The fourth-order valence-corrected chi connectivity index (χ4v) is 4.55. The number of para-hydroxylation sites is 1. The molecular weight excluding hydrogens is 417 g/mol. The summed E-state index contributed by atoms with van der Waals surface area (Å²) in [6, 6.07) is 20.9. The molecule has 0 bridgehead atoms. The highest BCUT2D eigenvalue weighted by Gasteiger charge is 2.27. The summed E-state index contributed by atoms with van der Waals surface area (Å²) in [6.45, 7) is 1.37. The van der Waals surface area contributed by atoms with E-state index in [1.165, 1.54) is 24.3 Å². The Balaban J connectivity index is 1.66. The van der Waals surface area contributed by atoms with Crippen molar-refractivity contribution in [1.82, 2.24) is 4.57 Å². The average Bonchev–Trinajstić information content (AvgIpc) is 3.17. The van der Waals surface area contributed by atoms with Gasteiger partial charge in [-0.25, -0.2) is 4.39 Å². The SMILES string of the molecule is Cc1ccc(S(=O)(=O)OCC(O)C(c2cccc(F)c2)n2ccc3ccccc32)cc1. The summed E-state index contributed by atoms with van der Waals surface area (Å²) >= 11 is 0. The van der Waals surface area contributed by atoms with Crippen LogP contribution in [0.15, 0.2) is 90.0 Å². The first-order chi connectivity index (χ1) is 14.8. The molecule has 1 N–H and O–H groups in total. The Bertz CT molecular complexity index is 1300. The van der Waals surface area contributed by atoms with Gasteiger partial charge in [0.2, 0.25) is 0 Å². The quantitative estimate of drug-likeness (QED) is 0.432. The van der Waals surface area contributed by atoms with E-state index in [9.17, 15) is 17.9 Å². The lowest BCUT2D eigenvalue weighted by Crippen LogP contribution is -2.30. The molecule has 0 aliphatic rings. The Morgan fingerprint density at radius 3 is 2.48 bits per heavy atom. The second-order valence-corrected chi connectivity index (χ2v) is 9.02. The minimum atomic E-state index is -4.05. The van der Waals surface area contributed by atoms with Crippen LogP contribution in [0.2, 0.25) is 0 Å².